The normalized spacial score (nSPS) is 15.6. The summed E-state index contributed by atoms with van der Waals surface area (Å²) in [5.41, 5.74) is 12.8. The number of fused-ring (bicyclic) bond motifs is 3. The minimum absolute atomic E-state index is 0.107. The van der Waals surface area contributed by atoms with Crippen molar-refractivity contribution in [3.63, 3.8) is 0 Å². The van der Waals surface area contributed by atoms with Crippen LogP contribution < -0.4 is 5.73 Å². The van der Waals surface area contributed by atoms with E-state index in [0.29, 0.717) is 0 Å². The molecule has 0 radical (unpaired) electrons. The van der Waals surface area contributed by atoms with Crippen LogP contribution in [0, 0.1) is 5.95 Å². The SMILES string of the molecule is NC1c2ccccc2-c2c(-c3ccc(F)nc3)cccc21. The van der Waals surface area contributed by atoms with E-state index in [9.17, 15) is 4.39 Å². The molecule has 2 nitrogen and oxygen atoms in total. The molecule has 3 heteroatoms. The van der Waals surface area contributed by atoms with Gasteiger partial charge in [0.2, 0.25) is 5.95 Å². The first-order chi connectivity index (χ1) is 10.3. The van der Waals surface area contributed by atoms with Crippen LogP contribution in [0.1, 0.15) is 17.2 Å². The molecule has 0 fully saturated rings. The topological polar surface area (TPSA) is 38.9 Å². The van der Waals surface area contributed by atoms with Gasteiger partial charge in [-0.2, -0.15) is 4.39 Å². The summed E-state index contributed by atoms with van der Waals surface area (Å²) in [6.45, 7) is 0. The molecule has 0 aliphatic heterocycles. The van der Waals surface area contributed by atoms with Crippen LogP contribution in [0.25, 0.3) is 22.3 Å². The largest absolute Gasteiger partial charge is 0.320 e. The molecule has 1 heterocycles. The number of halogens is 1. The summed E-state index contributed by atoms with van der Waals surface area (Å²) < 4.78 is 13.0. The van der Waals surface area contributed by atoms with Crippen molar-refractivity contribution in [1.82, 2.24) is 4.98 Å². The molecule has 0 saturated heterocycles. The lowest BCUT2D eigenvalue weighted by molar-refractivity contribution is 0.584. The Morgan fingerprint density at radius 2 is 1.62 bits per heavy atom. The van der Waals surface area contributed by atoms with Crippen LogP contribution >= 0.6 is 0 Å². The zero-order valence-corrected chi connectivity index (χ0v) is 11.3. The summed E-state index contributed by atoms with van der Waals surface area (Å²) in [4.78, 5) is 3.76. The molecule has 1 aliphatic rings. The smallest absolute Gasteiger partial charge is 0.212 e. The third-order valence-corrected chi connectivity index (χ3v) is 4.04. The Hall–Kier alpha value is -2.52. The maximum absolute atomic E-state index is 13.0. The number of nitrogens with two attached hydrogens (primary N) is 1. The van der Waals surface area contributed by atoms with Crippen molar-refractivity contribution in [2.75, 3.05) is 0 Å². The minimum Gasteiger partial charge on any atom is -0.320 e. The Morgan fingerprint density at radius 1 is 0.857 bits per heavy atom. The quantitative estimate of drug-likeness (QED) is 0.684. The van der Waals surface area contributed by atoms with E-state index < -0.39 is 5.95 Å². The molecule has 4 rings (SSSR count). The van der Waals surface area contributed by atoms with Gasteiger partial charge >= 0.3 is 0 Å². The van der Waals surface area contributed by atoms with Crippen LogP contribution in [-0.2, 0) is 0 Å². The van der Waals surface area contributed by atoms with Crippen molar-refractivity contribution in [2.45, 2.75) is 6.04 Å². The Bertz CT molecular complexity index is 825. The molecular formula is C18H13FN2. The second-order valence-electron chi connectivity index (χ2n) is 5.20. The number of pyridine rings is 1. The van der Waals surface area contributed by atoms with Gasteiger partial charge in [0.05, 0.1) is 6.04 Å². The Kier molecular flexibility index (Phi) is 2.62. The van der Waals surface area contributed by atoms with Crippen LogP contribution in [0.3, 0.4) is 0 Å². The lowest BCUT2D eigenvalue weighted by atomic mass is 9.95. The maximum atomic E-state index is 13.0. The summed E-state index contributed by atoms with van der Waals surface area (Å²) in [7, 11) is 0. The third kappa shape index (κ3) is 1.78. The summed E-state index contributed by atoms with van der Waals surface area (Å²) >= 11 is 0. The van der Waals surface area contributed by atoms with Gasteiger partial charge in [-0.3, -0.25) is 0 Å². The summed E-state index contributed by atoms with van der Waals surface area (Å²) in [5.74, 6) is -0.469. The lowest BCUT2D eigenvalue weighted by Crippen LogP contribution is -2.07. The van der Waals surface area contributed by atoms with Gasteiger partial charge in [-0.25, -0.2) is 4.98 Å². The highest BCUT2D eigenvalue weighted by Gasteiger charge is 2.27. The lowest BCUT2D eigenvalue weighted by Gasteiger charge is -2.10. The van der Waals surface area contributed by atoms with Crippen LogP contribution in [0.4, 0.5) is 4.39 Å². The van der Waals surface area contributed by atoms with E-state index in [-0.39, 0.29) is 6.04 Å². The van der Waals surface area contributed by atoms with Gasteiger partial charge in [0, 0.05) is 11.8 Å². The average molecular weight is 276 g/mol. The fraction of sp³-hybridized carbons (Fsp3) is 0.0556. The standard InChI is InChI=1S/C18H13FN2/c19-16-9-8-11(10-21-16)12-6-3-7-15-17(12)13-4-1-2-5-14(13)18(15)20/h1-10,18H,20H2. The summed E-state index contributed by atoms with van der Waals surface area (Å²) in [6.07, 6.45) is 1.57. The summed E-state index contributed by atoms with van der Waals surface area (Å²) in [6, 6.07) is 17.3. The molecule has 0 saturated carbocycles. The predicted molar refractivity (Wildman–Crippen MR) is 81.1 cm³/mol. The molecule has 1 aromatic heterocycles. The van der Waals surface area contributed by atoms with Gasteiger partial charge in [0.15, 0.2) is 0 Å². The van der Waals surface area contributed by atoms with Gasteiger partial charge in [-0.1, -0.05) is 42.5 Å². The monoisotopic (exact) mass is 276 g/mol. The van der Waals surface area contributed by atoms with Crippen LogP contribution in [0.2, 0.25) is 0 Å². The summed E-state index contributed by atoms with van der Waals surface area (Å²) in [5, 5.41) is 0. The molecule has 102 valence electrons. The molecule has 0 bridgehead atoms. The molecule has 2 aromatic carbocycles. The first-order valence-electron chi connectivity index (χ1n) is 6.85. The van der Waals surface area contributed by atoms with Crippen molar-refractivity contribution in [3.05, 3.63) is 77.9 Å². The van der Waals surface area contributed by atoms with E-state index in [1.807, 2.05) is 24.3 Å². The van der Waals surface area contributed by atoms with Crippen molar-refractivity contribution >= 4 is 0 Å². The van der Waals surface area contributed by atoms with Crippen LogP contribution in [-0.4, -0.2) is 4.98 Å². The van der Waals surface area contributed by atoms with E-state index >= 15 is 0 Å². The molecule has 1 unspecified atom stereocenters. The van der Waals surface area contributed by atoms with Gasteiger partial charge < -0.3 is 5.73 Å². The zero-order chi connectivity index (χ0) is 14.4. The number of rotatable bonds is 1. The molecule has 3 aromatic rings. The van der Waals surface area contributed by atoms with E-state index in [4.69, 9.17) is 5.73 Å². The van der Waals surface area contributed by atoms with Crippen LogP contribution in [0.5, 0.6) is 0 Å². The zero-order valence-electron chi connectivity index (χ0n) is 11.3. The van der Waals surface area contributed by atoms with Crippen molar-refractivity contribution in [3.8, 4) is 22.3 Å². The van der Waals surface area contributed by atoms with Crippen molar-refractivity contribution in [1.29, 1.82) is 0 Å². The Balaban J connectivity index is 2.00. The Morgan fingerprint density at radius 3 is 2.43 bits per heavy atom. The number of hydrogen-bond donors (Lipinski definition) is 1. The fourth-order valence-electron chi connectivity index (χ4n) is 3.07. The third-order valence-electron chi connectivity index (χ3n) is 4.04. The molecule has 21 heavy (non-hydrogen) atoms. The van der Waals surface area contributed by atoms with E-state index in [1.165, 1.54) is 6.07 Å². The highest BCUT2D eigenvalue weighted by atomic mass is 19.1. The molecule has 1 atom stereocenters. The molecule has 2 N–H and O–H groups in total. The van der Waals surface area contributed by atoms with Gasteiger partial charge in [-0.15, -0.1) is 0 Å². The van der Waals surface area contributed by atoms with E-state index in [1.54, 1.807) is 12.3 Å². The maximum Gasteiger partial charge on any atom is 0.212 e. The molecule has 0 spiro atoms. The van der Waals surface area contributed by atoms with Gasteiger partial charge in [0.25, 0.3) is 0 Å². The first kappa shape index (κ1) is 12.2. The Labute approximate surface area is 122 Å². The second kappa shape index (κ2) is 4.50. The number of nitrogens with zero attached hydrogens (tertiary/aromatic N) is 1. The second-order valence-corrected chi connectivity index (χ2v) is 5.20. The predicted octanol–water partition coefficient (Wildman–Crippen LogP) is 3.92. The molecule has 0 amide bonds. The van der Waals surface area contributed by atoms with Gasteiger partial charge in [-0.05, 0) is 39.9 Å². The average Bonchev–Trinajstić information content (AvgIpc) is 2.82. The highest BCUT2D eigenvalue weighted by molar-refractivity contribution is 5.91. The van der Waals surface area contributed by atoms with E-state index in [0.717, 1.165) is 33.4 Å². The van der Waals surface area contributed by atoms with E-state index in [2.05, 4.69) is 23.2 Å². The minimum atomic E-state index is -0.469. The van der Waals surface area contributed by atoms with Gasteiger partial charge in [0.1, 0.15) is 0 Å². The highest BCUT2D eigenvalue weighted by Crippen LogP contribution is 2.46. The molecular weight excluding hydrogens is 263 g/mol. The fourth-order valence-corrected chi connectivity index (χ4v) is 3.07. The van der Waals surface area contributed by atoms with Crippen molar-refractivity contribution in [2.24, 2.45) is 5.73 Å². The van der Waals surface area contributed by atoms with Crippen molar-refractivity contribution < 1.29 is 4.39 Å². The molecule has 1 aliphatic carbocycles. The van der Waals surface area contributed by atoms with Crippen LogP contribution in [0.15, 0.2) is 60.8 Å². The number of benzene rings is 2. The first-order valence-corrected chi connectivity index (χ1v) is 6.85. The number of hydrogen-bond acceptors (Lipinski definition) is 2. The number of aromatic nitrogens is 1.